The molecule has 0 saturated heterocycles. The maximum atomic E-state index is 5.73. The summed E-state index contributed by atoms with van der Waals surface area (Å²) in [7, 11) is 0. The molecule has 1 atom stereocenters. The molecule has 2 rings (SSSR count). The van der Waals surface area contributed by atoms with Gasteiger partial charge in [0.15, 0.2) is 0 Å². The van der Waals surface area contributed by atoms with Crippen molar-refractivity contribution in [3.05, 3.63) is 59.9 Å². The second kappa shape index (κ2) is 8.42. The van der Waals surface area contributed by atoms with Crippen molar-refractivity contribution < 1.29 is 4.74 Å². The fraction of sp³-hybridized carbons (Fsp3) is 0.389. The molecule has 1 aromatic heterocycles. The first-order valence-electron chi connectivity index (χ1n) is 7.63. The highest BCUT2D eigenvalue weighted by Gasteiger charge is 2.02. The van der Waals surface area contributed by atoms with Gasteiger partial charge >= 0.3 is 0 Å². The molecule has 0 saturated carbocycles. The minimum atomic E-state index is 0.610. The molecule has 1 heterocycles. The molecule has 0 aliphatic rings. The van der Waals surface area contributed by atoms with Gasteiger partial charge in [-0.05, 0) is 42.2 Å². The maximum Gasteiger partial charge on any atom is 0.119 e. The van der Waals surface area contributed by atoms with Gasteiger partial charge in [0.1, 0.15) is 12.4 Å². The van der Waals surface area contributed by atoms with Crippen molar-refractivity contribution in [2.75, 3.05) is 13.2 Å². The Kier molecular flexibility index (Phi) is 6.22. The number of nitrogens with zero attached hydrogens (tertiary/aromatic N) is 1. The van der Waals surface area contributed by atoms with Crippen LogP contribution in [0.25, 0.3) is 0 Å². The average Bonchev–Trinajstić information content (AvgIpc) is 2.55. The quantitative estimate of drug-likeness (QED) is 0.749. The third kappa shape index (κ3) is 5.20. The molecule has 1 unspecified atom stereocenters. The first kappa shape index (κ1) is 15.5. The van der Waals surface area contributed by atoms with Crippen LogP contribution < -0.4 is 10.1 Å². The summed E-state index contributed by atoms with van der Waals surface area (Å²) in [6.07, 6.45) is 2.98. The third-order valence-corrected chi connectivity index (χ3v) is 3.64. The Labute approximate surface area is 127 Å². The van der Waals surface area contributed by atoms with Gasteiger partial charge in [-0.3, -0.25) is 4.98 Å². The Morgan fingerprint density at radius 2 is 1.95 bits per heavy atom. The van der Waals surface area contributed by atoms with E-state index in [-0.39, 0.29) is 0 Å². The van der Waals surface area contributed by atoms with Gasteiger partial charge in [-0.2, -0.15) is 0 Å². The largest absolute Gasteiger partial charge is 0.492 e. The summed E-state index contributed by atoms with van der Waals surface area (Å²) < 4.78 is 5.73. The summed E-state index contributed by atoms with van der Waals surface area (Å²) in [4.78, 5) is 4.27. The van der Waals surface area contributed by atoms with E-state index in [1.165, 1.54) is 5.56 Å². The van der Waals surface area contributed by atoms with Crippen LogP contribution in [-0.4, -0.2) is 18.1 Å². The van der Waals surface area contributed by atoms with Crippen LogP contribution in [0.15, 0.2) is 48.7 Å². The zero-order valence-electron chi connectivity index (χ0n) is 12.9. The van der Waals surface area contributed by atoms with E-state index >= 15 is 0 Å². The number of hydrogen-bond acceptors (Lipinski definition) is 3. The van der Waals surface area contributed by atoms with Gasteiger partial charge in [0, 0.05) is 19.3 Å². The molecule has 0 amide bonds. The summed E-state index contributed by atoms with van der Waals surface area (Å²) in [5, 5.41) is 3.32. The monoisotopic (exact) mass is 284 g/mol. The Bertz CT molecular complexity index is 511. The standard InChI is InChI=1S/C18H24N2O/c1-3-15(2)16-7-9-18(10-8-16)21-13-12-19-14-17-6-4-5-11-20-17/h4-11,15,19H,3,12-14H2,1-2H3. The van der Waals surface area contributed by atoms with Crippen LogP contribution in [0.4, 0.5) is 0 Å². The highest BCUT2D eigenvalue weighted by Crippen LogP contribution is 2.21. The summed E-state index contributed by atoms with van der Waals surface area (Å²) in [6.45, 7) is 6.70. The second-order valence-corrected chi connectivity index (χ2v) is 5.22. The maximum absolute atomic E-state index is 5.73. The normalized spacial score (nSPS) is 12.1. The molecule has 0 aliphatic heterocycles. The van der Waals surface area contributed by atoms with Gasteiger partial charge in [-0.1, -0.05) is 32.0 Å². The molecule has 0 fully saturated rings. The van der Waals surface area contributed by atoms with E-state index < -0.39 is 0 Å². The van der Waals surface area contributed by atoms with Crippen LogP contribution in [0.1, 0.15) is 37.4 Å². The summed E-state index contributed by atoms with van der Waals surface area (Å²) >= 11 is 0. The van der Waals surface area contributed by atoms with Crippen molar-refractivity contribution in [3.63, 3.8) is 0 Å². The number of rotatable bonds is 8. The predicted molar refractivity (Wildman–Crippen MR) is 86.6 cm³/mol. The van der Waals surface area contributed by atoms with E-state index in [2.05, 4.69) is 48.4 Å². The minimum absolute atomic E-state index is 0.610. The molecule has 0 radical (unpaired) electrons. The molecule has 0 bridgehead atoms. The van der Waals surface area contributed by atoms with Gasteiger partial charge < -0.3 is 10.1 Å². The minimum Gasteiger partial charge on any atom is -0.492 e. The molecular formula is C18H24N2O. The summed E-state index contributed by atoms with van der Waals surface area (Å²) in [5.74, 6) is 1.54. The average molecular weight is 284 g/mol. The molecule has 0 spiro atoms. The Morgan fingerprint density at radius 1 is 1.14 bits per heavy atom. The zero-order chi connectivity index (χ0) is 14.9. The molecule has 1 N–H and O–H groups in total. The van der Waals surface area contributed by atoms with E-state index in [0.717, 1.165) is 31.0 Å². The SMILES string of the molecule is CCC(C)c1ccc(OCCNCc2ccccn2)cc1. The van der Waals surface area contributed by atoms with E-state index in [4.69, 9.17) is 4.74 Å². The fourth-order valence-corrected chi connectivity index (χ4v) is 2.09. The van der Waals surface area contributed by atoms with Crippen LogP contribution in [-0.2, 0) is 6.54 Å². The summed E-state index contributed by atoms with van der Waals surface area (Å²) in [5.41, 5.74) is 2.42. The molecule has 112 valence electrons. The molecule has 3 nitrogen and oxygen atoms in total. The first-order chi connectivity index (χ1) is 10.3. The van der Waals surface area contributed by atoms with E-state index in [1.807, 2.05) is 24.4 Å². The number of nitrogens with one attached hydrogen (secondary N) is 1. The van der Waals surface area contributed by atoms with Crippen molar-refractivity contribution in [2.45, 2.75) is 32.7 Å². The Hall–Kier alpha value is -1.87. The van der Waals surface area contributed by atoms with E-state index in [9.17, 15) is 0 Å². The van der Waals surface area contributed by atoms with Crippen LogP contribution in [0.3, 0.4) is 0 Å². The van der Waals surface area contributed by atoms with Gasteiger partial charge in [0.05, 0.1) is 5.69 Å². The van der Waals surface area contributed by atoms with Crippen molar-refractivity contribution in [3.8, 4) is 5.75 Å². The van der Waals surface area contributed by atoms with Gasteiger partial charge in [-0.25, -0.2) is 0 Å². The lowest BCUT2D eigenvalue weighted by Gasteiger charge is -2.11. The van der Waals surface area contributed by atoms with Crippen molar-refractivity contribution in [1.82, 2.24) is 10.3 Å². The van der Waals surface area contributed by atoms with Crippen LogP contribution >= 0.6 is 0 Å². The second-order valence-electron chi connectivity index (χ2n) is 5.22. The molecular weight excluding hydrogens is 260 g/mol. The Balaban J connectivity index is 1.67. The van der Waals surface area contributed by atoms with Crippen LogP contribution in [0, 0.1) is 0 Å². The fourth-order valence-electron chi connectivity index (χ4n) is 2.09. The van der Waals surface area contributed by atoms with Crippen molar-refractivity contribution >= 4 is 0 Å². The molecule has 21 heavy (non-hydrogen) atoms. The smallest absolute Gasteiger partial charge is 0.119 e. The lowest BCUT2D eigenvalue weighted by molar-refractivity contribution is 0.313. The van der Waals surface area contributed by atoms with E-state index in [0.29, 0.717) is 12.5 Å². The first-order valence-corrected chi connectivity index (χ1v) is 7.63. The van der Waals surface area contributed by atoms with E-state index in [1.54, 1.807) is 0 Å². The van der Waals surface area contributed by atoms with Crippen molar-refractivity contribution in [1.29, 1.82) is 0 Å². The zero-order valence-corrected chi connectivity index (χ0v) is 12.9. The molecule has 0 aliphatic carbocycles. The topological polar surface area (TPSA) is 34.1 Å². The summed E-state index contributed by atoms with van der Waals surface area (Å²) in [6, 6.07) is 14.4. The number of hydrogen-bond donors (Lipinski definition) is 1. The number of pyridine rings is 1. The number of ether oxygens (including phenoxy) is 1. The molecule has 1 aromatic carbocycles. The predicted octanol–water partition coefficient (Wildman–Crippen LogP) is 3.76. The van der Waals surface area contributed by atoms with Gasteiger partial charge in [-0.15, -0.1) is 0 Å². The lowest BCUT2D eigenvalue weighted by atomic mass is 9.99. The Morgan fingerprint density at radius 3 is 2.62 bits per heavy atom. The number of benzene rings is 1. The van der Waals surface area contributed by atoms with Crippen molar-refractivity contribution in [2.24, 2.45) is 0 Å². The third-order valence-electron chi connectivity index (χ3n) is 3.64. The lowest BCUT2D eigenvalue weighted by Crippen LogP contribution is -2.21. The molecule has 2 aromatic rings. The van der Waals surface area contributed by atoms with Gasteiger partial charge in [0.2, 0.25) is 0 Å². The molecule has 3 heteroatoms. The van der Waals surface area contributed by atoms with Crippen LogP contribution in [0.5, 0.6) is 5.75 Å². The van der Waals surface area contributed by atoms with Gasteiger partial charge in [0.25, 0.3) is 0 Å². The van der Waals surface area contributed by atoms with Crippen LogP contribution in [0.2, 0.25) is 0 Å². The number of aromatic nitrogens is 1. The highest BCUT2D eigenvalue weighted by molar-refractivity contribution is 5.29. The highest BCUT2D eigenvalue weighted by atomic mass is 16.5.